The van der Waals surface area contributed by atoms with Gasteiger partial charge in [0, 0.05) is 20.2 Å². The highest BCUT2D eigenvalue weighted by atomic mass is 16.7. The number of hydrogen-bond donors (Lipinski definition) is 0. The normalized spacial score (nSPS) is 18.4. The van der Waals surface area contributed by atoms with Crippen molar-refractivity contribution in [2.45, 2.75) is 51.9 Å². The molecule has 0 aromatic carbocycles. The maximum absolute atomic E-state index is 11.7. The third-order valence-corrected chi connectivity index (χ3v) is 3.32. The Morgan fingerprint density at radius 1 is 1.08 bits per heavy atom. The first-order valence-corrected chi connectivity index (χ1v) is 8.71. The molecule has 1 rings (SSSR count). The van der Waals surface area contributed by atoms with Crippen LogP contribution in [0.25, 0.3) is 0 Å². The Hall–Kier alpha value is -0.890. The van der Waals surface area contributed by atoms with Crippen LogP contribution < -0.4 is 0 Å². The Morgan fingerprint density at radius 2 is 1.75 bits per heavy atom. The molecule has 1 saturated heterocycles. The van der Waals surface area contributed by atoms with Crippen LogP contribution in [0.15, 0.2) is 0 Å². The van der Waals surface area contributed by atoms with Gasteiger partial charge in [0.25, 0.3) is 0 Å². The SMILES string of the molecule is CN(CCOCCOCCOC1CCCCO1)C(=O)OC(C)(C)C. The molecule has 1 atom stereocenters. The summed E-state index contributed by atoms with van der Waals surface area (Å²) in [6, 6.07) is 0. The lowest BCUT2D eigenvalue weighted by Gasteiger charge is -2.24. The predicted octanol–water partition coefficient (Wildman–Crippen LogP) is 2.43. The van der Waals surface area contributed by atoms with Crippen molar-refractivity contribution in [2.24, 2.45) is 0 Å². The lowest BCUT2D eigenvalue weighted by molar-refractivity contribution is -0.169. The zero-order valence-electron chi connectivity index (χ0n) is 15.5. The zero-order valence-corrected chi connectivity index (χ0v) is 15.5. The Balaban J connectivity index is 1.88. The van der Waals surface area contributed by atoms with E-state index in [9.17, 15) is 4.79 Å². The average molecular weight is 347 g/mol. The molecule has 1 amide bonds. The highest BCUT2D eigenvalue weighted by Gasteiger charge is 2.19. The predicted molar refractivity (Wildman–Crippen MR) is 90.0 cm³/mol. The summed E-state index contributed by atoms with van der Waals surface area (Å²) in [5.74, 6) is 0. The summed E-state index contributed by atoms with van der Waals surface area (Å²) in [5, 5.41) is 0. The number of ether oxygens (including phenoxy) is 5. The Kier molecular flexibility index (Phi) is 10.2. The molecule has 0 bridgehead atoms. The van der Waals surface area contributed by atoms with Gasteiger partial charge in [0.15, 0.2) is 6.29 Å². The van der Waals surface area contributed by atoms with Crippen LogP contribution in [-0.4, -0.2) is 76.1 Å². The monoisotopic (exact) mass is 347 g/mol. The summed E-state index contributed by atoms with van der Waals surface area (Å²) in [5.41, 5.74) is -0.481. The van der Waals surface area contributed by atoms with Gasteiger partial charge in [-0.25, -0.2) is 4.79 Å². The van der Waals surface area contributed by atoms with Crippen molar-refractivity contribution in [2.75, 3.05) is 53.2 Å². The molecule has 0 N–H and O–H groups in total. The largest absolute Gasteiger partial charge is 0.444 e. The molecular formula is C17H33NO6. The smallest absolute Gasteiger partial charge is 0.410 e. The van der Waals surface area contributed by atoms with Crippen LogP contribution in [0.4, 0.5) is 4.79 Å². The van der Waals surface area contributed by atoms with Crippen molar-refractivity contribution >= 4 is 6.09 Å². The second kappa shape index (κ2) is 11.6. The second-order valence-electron chi connectivity index (χ2n) is 6.79. The highest BCUT2D eigenvalue weighted by molar-refractivity contribution is 5.67. The van der Waals surface area contributed by atoms with E-state index in [4.69, 9.17) is 23.7 Å². The third kappa shape index (κ3) is 10.8. The van der Waals surface area contributed by atoms with Gasteiger partial charge in [0.2, 0.25) is 0 Å². The fourth-order valence-electron chi connectivity index (χ4n) is 2.04. The lowest BCUT2D eigenvalue weighted by atomic mass is 10.2. The summed E-state index contributed by atoms with van der Waals surface area (Å²) < 4.78 is 27.2. The standard InChI is InChI=1S/C17H33NO6/c1-17(2,3)24-16(19)18(4)8-10-20-11-12-21-13-14-23-15-7-5-6-9-22-15/h15H,5-14H2,1-4H3. The van der Waals surface area contributed by atoms with Gasteiger partial charge >= 0.3 is 6.09 Å². The van der Waals surface area contributed by atoms with Crippen LogP contribution in [0, 0.1) is 0 Å². The van der Waals surface area contributed by atoms with Crippen LogP contribution in [0.3, 0.4) is 0 Å². The molecule has 1 aliphatic heterocycles. The van der Waals surface area contributed by atoms with E-state index in [-0.39, 0.29) is 12.4 Å². The van der Waals surface area contributed by atoms with E-state index in [1.54, 1.807) is 7.05 Å². The molecule has 0 aromatic heterocycles. The molecule has 142 valence electrons. The number of rotatable bonds is 10. The highest BCUT2D eigenvalue weighted by Crippen LogP contribution is 2.13. The second-order valence-corrected chi connectivity index (χ2v) is 6.79. The van der Waals surface area contributed by atoms with E-state index in [0.29, 0.717) is 39.6 Å². The van der Waals surface area contributed by atoms with E-state index < -0.39 is 5.60 Å². The quantitative estimate of drug-likeness (QED) is 0.566. The molecule has 1 unspecified atom stereocenters. The minimum absolute atomic E-state index is 0.0676. The van der Waals surface area contributed by atoms with Crippen molar-refractivity contribution in [1.82, 2.24) is 4.90 Å². The fraction of sp³-hybridized carbons (Fsp3) is 0.941. The first-order chi connectivity index (χ1) is 11.4. The first kappa shape index (κ1) is 21.2. The Labute approximate surface area is 145 Å². The van der Waals surface area contributed by atoms with Gasteiger partial charge in [0.05, 0.1) is 33.0 Å². The molecule has 0 aromatic rings. The van der Waals surface area contributed by atoms with Crippen LogP contribution >= 0.6 is 0 Å². The van der Waals surface area contributed by atoms with Crippen molar-refractivity contribution in [3.63, 3.8) is 0 Å². The summed E-state index contributed by atoms with van der Waals surface area (Å²) in [6.07, 6.45) is 2.84. The molecule has 1 fully saturated rings. The van der Waals surface area contributed by atoms with Crippen LogP contribution in [-0.2, 0) is 23.7 Å². The van der Waals surface area contributed by atoms with E-state index in [1.165, 1.54) is 4.90 Å². The van der Waals surface area contributed by atoms with Gasteiger partial charge in [-0.05, 0) is 40.0 Å². The molecule has 0 radical (unpaired) electrons. The van der Waals surface area contributed by atoms with Crippen LogP contribution in [0.5, 0.6) is 0 Å². The molecule has 7 nitrogen and oxygen atoms in total. The maximum atomic E-state index is 11.7. The maximum Gasteiger partial charge on any atom is 0.410 e. The first-order valence-electron chi connectivity index (χ1n) is 8.71. The number of nitrogens with zero attached hydrogens (tertiary/aromatic N) is 1. The Bertz CT molecular complexity index is 338. The molecular weight excluding hydrogens is 314 g/mol. The third-order valence-electron chi connectivity index (χ3n) is 3.32. The summed E-state index contributed by atoms with van der Waals surface area (Å²) in [6.45, 7) is 9.31. The Morgan fingerprint density at radius 3 is 2.38 bits per heavy atom. The average Bonchev–Trinajstić information content (AvgIpc) is 2.52. The van der Waals surface area contributed by atoms with E-state index in [1.807, 2.05) is 20.8 Å². The summed E-state index contributed by atoms with van der Waals surface area (Å²) in [7, 11) is 1.69. The summed E-state index contributed by atoms with van der Waals surface area (Å²) in [4.78, 5) is 13.2. The van der Waals surface area contributed by atoms with E-state index in [0.717, 1.165) is 25.9 Å². The minimum Gasteiger partial charge on any atom is -0.444 e. The van der Waals surface area contributed by atoms with Gasteiger partial charge in [-0.2, -0.15) is 0 Å². The van der Waals surface area contributed by atoms with Crippen molar-refractivity contribution in [1.29, 1.82) is 0 Å². The molecule has 1 aliphatic rings. The minimum atomic E-state index is -0.481. The van der Waals surface area contributed by atoms with Crippen LogP contribution in [0.1, 0.15) is 40.0 Å². The van der Waals surface area contributed by atoms with Gasteiger partial charge in [0.1, 0.15) is 5.60 Å². The van der Waals surface area contributed by atoms with Gasteiger partial charge in [-0.1, -0.05) is 0 Å². The van der Waals surface area contributed by atoms with Crippen molar-refractivity contribution in [3.05, 3.63) is 0 Å². The van der Waals surface area contributed by atoms with Gasteiger partial charge in [-0.3, -0.25) is 0 Å². The zero-order chi connectivity index (χ0) is 17.8. The number of hydrogen-bond acceptors (Lipinski definition) is 6. The van der Waals surface area contributed by atoms with Crippen molar-refractivity contribution < 1.29 is 28.5 Å². The molecule has 0 aliphatic carbocycles. The van der Waals surface area contributed by atoms with Gasteiger partial charge in [-0.15, -0.1) is 0 Å². The lowest BCUT2D eigenvalue weighted by Crippen LogP contribution is -2.36. The van der Waals surface area contributed by atoms with Crippen LogP contribution in [0.2, 0.25) is 0 Å². The molecule has 7 heteroatoms. The number of carbonyl (C=O) groups is 1. The van der Waals surface area contributed by atoms with Crippen molar-refractivity contribution in [3.8, 4) is 0 Å². The molecule has 24 heavy (non-hydrogen) atoms. The topological polar surface area (TPSA) is 66.5 Å². The number of likely N-dealkylation sites (N-methyl/N-ethyl adjacent to an activating group) is 1. The molecule has 1 heterocycles. The number of amides is 1. The fourth-order valence-corrected chi connectivity index (χ4v) is 2.04. The summed E-state index contributed by atoms with van der Waals surface area (Å²) >= 11 is 0. The number of carbonyl (C=O) groups excluding carboxylic acids is 1. The van der Waals surface area contributed by atoms with Gasteiger partial charge < -0.3 is 28.6 Å². The van der Waals surface area contributed by atoms with E-state index >= 15 is 0 Å². The van der Waals surface area contributed by atoms with E-state index in [2.05, 4.69) is 0 Å². The molecule has 0 saturated carbocycles. The molecule has 0 spiro atoms.